The highest BCUT2D eigenvalue weighted by atomic mass is 35.5. The lowest BCUT2D eigenvalue weighted by Gasteiger charge is -2.04. The summed E-state index contributed by atoms with van der Waals surface area (Å²) in [5, 5.41) is 2.83. The summed E-state index contributed by atoms with van der Waals surface area (Å²) in [4.78, 5) is 10.6. The summed E-state index contributed by atoms with van der Waals surface area (Å²) in [7, 11) is 0. The lowest BCUT2D eigenvalue weighted by Crippen LogP contribution is -2.24. The molecule has 1 N–H and O–H groups in total. The number of hydrogen-bond donors (Lipinski definition) is 1. The van der Waals surface area contributed by atoms with Gasteiger partial charge in [-0.15, -0.1) is 12.4 Å². The Morgan fingerprint density at radius 2 is 2.11 bits per heavy atom. The first kappa shape index (κ1) is 8.76. The lowest BCUT2D eigenvalue weighted by molar-refractivity contribution is -0.119. The fourth-order valence-corrected chi connectivity index (χ4v) is 0.924. The zero-order valence-electron chi connectivity index (χ0n) is 5.68. The van der Waals surface area contributed by atoms with Crippen LogP contribution < -0.4 is 5.32 Å². The van der Waals surface area contributed by atoms with E-state index >= 15 is 0 Å². The number of nitrogens with one attached hydrogen (secondary N) is 1. The third kappa shape index (κ3) is 1.86. The van der Waals surface area contributed by atoms with Crippen molar-refractivity contribution in [3.05, 3.63) is 0 Å². The summed E-state index contributed by atoms with van der Waals surface area (Å²) in [6, 6.07) is 0.391. The van der Waals surface area contributed by atoms with Crippen molar-refractivity contribution in [2.24, 2.45) is 5.92 Å². The van der Waals surface area contributed by atoms with E-state index in [0.717, 1.165) is 0 Å². The van der Waals surface area contributed by atoms with Crippen LogP contribution in [-0.2, 0) is 4.79 Å². The van der Waals surface area contributed by atoms with Crippen molar-refractivity contribution in [2.45, 2.75) is 26.3 Å². The first-order valence-electron chi connectivity index (χ1n) is 2.99. The Bertz CT molecular complexity index is 104. The fourth-order valence-electron chi connectivity index (χ4n) is 0.924. The van der Waals surface area contributed by atoms with Gasteiger partial charge in [0.15, 0.2) is 0 Å². The molecule has 2 atom stereocenters. The summed E-state index contributed by atoms with van der Waals surface area (Å²) in [5.41, 5.74) is 0. The van der Waals surface area contributed by atoms with Gasteiger partial charge in [-0.3, -0.25) is 4.79 Å². The van der Waals surface area contributed by atoms with Crippen LogP contribution >= 0.6 is 12.4 Å². The molecule has 0 aromatic heterocycles. The van der Waals surface area contributed by atoms with Crippen LogP contribution in [0.5, 0.6) is 0 Å². The third-order valence-electron chi connectivity index (χ3n) is 1.75. The SMILES string of the molecule is CC1CC(=O)NC1C.Cl. The first-order chi connectivity index (χ1) is 3.70. The smallest absolute Gasteiger partial charge is 0.220 e. The molecule has 1 saturated heterocycles. The molecular formula is C6H12ClNO. The van der Waals surface area contributed by atoms with E-state index in [9.17, 15) is 4.79 Å². The standard InChI is InChI=1S/C6H11NO.ClH/c1-4-3-6(8)7-5(4)2;/h4-5H,3H2,1-2H3,(H,7,8);1H. The molecule has 1 rings (SSSR count). The normalized spacial score (nSPS) is 33.3. The van der Waals surface area contributed by atoms with Gasteiger partial charge in [0.25, 0.3) is 0 Å². The molecule has 1 aliphatic rings. The molecule has 1 fully saturated rings. The van der Waals surface area contributed by atoms with Gasteiger partial charge in [0, 0.05) is 12.5 Å². The number of amides is 1. The zero-order chi connectivity index (χ0) is 6.15. The molecule has 0 saturated carbocycles. The van der Waals surface area contributed by atoms with Gasteiger partial charge < -0.3 is 5.32 Å². The van der Waals surface area contributed by atoms with Gasteiger partial charge in [0.2, 0.25) is 5.91 Å². The number of rotatable bonds is 0. The quantitative estimate of drug-likeness (QED) is 0.546. The minimum absolute atomic E-state index is 0. The van der Waals surface area contributed by atoms with E-state index in [1.807, 2.05) is 6.92 Å². The molecule has 1 aliphatic heterocycles. The van der Waals surface area contributed by atoms with Gasteiger partial charge >= 0.3 is 0 Å². The van der Waals surface area contributed by atoms with E-state index in [-0.39, 0.29) is 18.3 Å². The van der Waals surface area contributed by atoms with Gasteiger partial charge in [0.05, 0.1) is 0 Å². The van der Waals surface area contributed by atoms with E-state index in [1.54, 1.807) is 0 Å². The number of carbonyl (C=O) groups excluding carboxylic acids is 1. The Hall–Kier alpha value is -0.240. The largest absolute Gasteiger partial charge is 0.353 e. The molecule has 1 heterocycles. The molecule has 1 amide bonds. The van der Waals surface area contributed by atoms with Crippen LogP contribution in [0.15, 0.2) is 0 Å². The van der Waals surface area contributed by atoms with E-state index in [2.05, 4.69) is 12.2 Å². The van der Waals surface area contributed by atoms with Crippen molar-refractivity contribution >= 4 is 18.3 Å². The van der Waals surface area contributed by atoms with E-state index in [4.69, 9.17) is 0 Å². The molecule has 0 aliphatic carbocycles. The topological polar surface area (TPSA) is 29.1 Å². The van der Waals surface area contributed by atoms with E-state index in [0.29, 0.717) is 18.4 Å². The minimum atomic E-state index is 0. The van der Waals surface area contributed by atoms with Crippen molar-refractivity contribution in [3.8, 4) is 0 Å². The maximum atomic E-state index is 10.6. The van der Waals surface area contributed by atoms with Crippen LogP contribution in [0.2, 0.25) is 0 Å². The molecule has 0 aromatic carbocycles. The van der Waals surface area contributed by atoms with Gasteiger partial charge in [-0.25, -0.2) is 0 Å². The van der Waals surface area contributed by atoms with E-state index in [1.165, 1.54) is 0 Å². The predicted molar refractivity (Wildman–Crippen MR) is 38.6 cm³/mol. The molecule has 2 nitrogen and oxygen atoms in total. The lowest BCUT2D eigenvalue weighted by atomic mass is 10.1. The predicted octanol–water partition coefficient (Wildman–Crippen LogP) is 0.953. The molecule has 0 radical (unpaired) electrons. The van der Waals surface area contributed by atoms with Crippen molar-refractivity contribution in [3.63, 3.8) is 0 Å². The molecule has 0 aromatic rings. The molecule has 3 heteroatoms. The van der Waals surface area contributed by atoms with Crippen LogP contribution in [0.25, 0.3) is 0 Å². The number of halogens is 1. The van der Waals surface area contributed by atoms with Gasteiger partial charge in [-0.05, 0) is 12.8 Å². The van der Waals surface area contributed by atoms with Crippen LogP contribution in [0.3, 0.4) is 0 Å². The Morgan fingerprint density at radius 3 is 2.22 bits per heavy atom. The summed E-state index contributed by atoms with van der Waals surface area (Å²) < 4.78 is 0. The maximum Gasteiger partial charge on any atom is 0.220 e. The van der Waals surface area contributed by atoms with Crippen molar-refractivity contribution in [2.75, 3.05) is 0 Å². The fraction of sp³-hybridized carbons (Fsp3) is 0.833. The zero-order valence-corrected chi connectivity index (χ0v) is 6.49. The molecule has 0 bridgehead atoms. The van der Waals surface area contributed by atoms with Crippen LogP contribution in [0, 0.1) is 5.92 Å². The minimum Gasteiger partial charge on any atom is -0.353 e. The van der Waals surface area contributed by atoms with Crippen molar-refractivity contribution in [1.82, 2.24) is 5.32 Å². The maximum absolute atomic E-state index is 10.6. The van der Waals surface area contributed by atoms with Gasteiger partial charge in [0.1, 0.15) is 0 Å². The molecule has 54 valence electrons. The Labute approximate surface area is 61.4 Å². The molecule has 9 heavy (non-hydrogen) atoms. The van der Waals surface area contributed by atoms with Crippen molar-refractivity contribution < 1.29 is 4.79 Å². The highest BCUT2D eigenvalue weighted by molar-refractivity contribution is 5.85. The van der Waals surface area contributed by atoms with Crippen LogP contribution in [-0.4, -0.2) is 11.9 Å². The second kappa shape index (κ2) is 3.06. The first-order valence-corrected chi connectivity index (χ1v) is 2.99. The summed E-state index contributed by atoms with van der Waals surface area (Å²) in [6.07, 6.45) is 0.709. The van der Waals surface area contributed by atoms with Crippen LogP contribution in [0.4, 0.5) is 0 Å². The molecule has 2 unspecified atom stereocenters. The van der Waals surface area contributed by atoms with Gasteiger partial charge in [-0.1, -0.05) is 6.92 Å². The highest BCUT2D eigenvalue weighted by Gasteiger charge is 2.23. The average Bonchev–Trinajstić information content (AvgIpc) is 1.85. The summed E-state index contributed by atoms with van der Waals surface area (Å²) >= 11 is 0. The number of carbonyl (C=O) groups is 1. The Kier molecular flexibility index (Phi) is 2.98. The Morgan fingerprint density at radius 1 is 1.56 bits per heavy atom. The van der Waals surface area contributed by atoms with Crippen LogP contribution in [0.1, 0.15) is 20.3 Å². The van der Waals surface area contributed by atoms with Gasteiger partial charge in [-0.2, -0.15) is 0 Å². The summed E-state index contributed by atoms with van der Waals surface area (Å²) in [6.45, 7) is 4.12. The van der Waals surface area contributed by atoms with E-state index < -0.39 is 0 Å². The molecule has 0 spiro atoms. The highest BCUT2D eigenvalue weighted by Crippen LogP contribution is 2.13. The summed E-state index contributed by atoms with van der Waals surface area (Å²) in [5.74, 6) is 0.729. The monoisotopic (exact) mass is 149 g/mol. The van der Waals surface area contributed by atoms with Crippen molar-refractivity contribution in [1.29, 1.82) is 0 Å². The second-order valence-electron chi connectivity index (χ2n) is 2.54. The Balaban J connectivity index is 0.000000640. The molecular weight excluding hydrogens is 138 g/mol. The third-order valence-corrected chi connectivity index (χ3v) is 1.75. The average molecular weight is 150 g/mol. The second-order valence-corrected chi connectivity index (χ2v) is 2.54. The number of hydrogen-bond acceptors (Lipinski definition) is 1.